The lowest BCUT2D eigenvalue weighted by Crippen LogP contribution is -2.81. The molecule has 0 aromatic heterocycles. The van der Waals surface area contributed by atoms with Crippen molar-refractivity contribution in [1.29, 1.82) is 0 Å². The van der Waals surface area contributed by atoms with Gasteiger partial charge in [0.2, 0.25) is 0 Å². The Morgan fingerprint density at radius 1 is 0.575 bits per heavy atom. The molecule has 8 heterocycles. The fourth-order valence-corrected chi connectivity index (χ4v) is 13.7. The molecule has 0 spiro atoms. The molecule has 0 N–H and O–H groups in total. The van der Waals surface area contributed by atoms with Gasteiger partial charge in [-0.2, -0.15) is 0 Å². The molecule has 5 nitrogen and oxygen atoms in total. The standard InChI is InChI=1S/C35H55N5/c1-4-18-37-29(13-1)27-12-7-19-38-33(28-11-6-8-23-15-16-31(37)40(34(23)28)35(27)38)26-20-24-9-5-10-25-21-36-17-3-2-14-30(36)39(22-26)32(24)25/h22-25,27-35H,1-21H2/t23-,24-,25-,27-,28+,29-,30-,31-,32+,33+,34-,35-/m0/s1. The van der Waals surface area contributed by atoms with E-state index in [9.17, 15) is 0 Å². The minimum absolute atomic E-state index is 0.712. The van der Waals surface area contributed by atoms with Gasteiger partial charge in [-0.05, 0) is 126 Å². The van der Waals surface area contributed by atoms with Crippen molar-refractivity contribution >= 4 is 0 Å². The summed E-state index contributed by atoms with van der Waals surface area (Å²) < 4.78 is 0. The monoisotopic (exact) mass is 545 g/mol. The van der Waals surface area contributed by atoms with Crippen molar-refractivity contribution in [2.24, 2.45) is 29.6 Å². The second-order valence-electron chi connectivity index (χ2n) is 16.3. The summed E-state index contributed by atoms with van der Waals surface area (Å²) in [6.07, 6.45) is 30.2. The van der Waals surface area contributed by atoms with Gasteiger partial charge in [-0.15, -0.1) is 0 Å². The number of fused-ring (bicyclic) bond motifs is 5. The first-order valence-electron chi connectivity index (χ1n) is 18.4. The lowest BCUT2D eigenvalue weighted by atomic mass is 9.61. The van der Waals surface area contributed by atoms with Crippen LogP contribution in [0.1, 0.15) is 109 Å². The Morgan fingerprint density at radius 3 is 2.40 bits per heavy atom. The van der Waals surface area contributed by atoms with Crippen molar-refractivity contribution in [2.75, 3.05) is 26.2 Å². The molecule has 7 saturated heterocycles. The molecule has 0 radical (unpaired) electrons. The van der Waals surface area contributed by atoms with Crippen LogP contribution in [0.3, 0.4) is 0 Å². The summed E-state index contributed by atoms with van der Waals surface area (Å²) in [4.78, 5) is 15.6. The van der Waals surface area contributed by atoms with Crippen molar-refractivity contribution in [2.45, 2.75) is 152 Å². The zero-order chi connectivity index (χ0) is 25.9. The minimum atomic E-state index is 0.712. The lowest BCUT2D eigenvalue weighted by molar-refractivity contribution is -0.262. The molecular weight excluding hydrogens is 490 g/mol. The number of hydrogen-bond acceptors (Lipinski definition) is 5. The summed E-state index contributed by atoms with van der Waals surface area (Å²) in [6.45, 7) is 5.53. The van der Waals surface area contributed by atoms with Crippen LogP contribution in [0.15, 0.2) is 11.8 Å². The predicted molar refractivity (Wildman–Crippen MR) is 159 cm³/mol. The highest BCUT2D eigenvalue weighted by molar-refractivity contribution is 5.26. The largest absolute Gasteiger partial charge is 0.358 e. The third-order valence-electron chi connectivity index (χ3n) is 14.8. The van der Waals surface area contributed by atoms with Crippen LogP contribution < -0.4 is 0 Å². The first-order valence-corrected chi connectivity index (χ1v) is 18.4. The Morgan fingerprint density at radius 2 is 1.40 bits per heavy atom. The van der Waals surface area contributed by atoms with E-state index in [-0.39, 0.29) is 0 Å². The summed E-state index contributed by atoms with van der Waals surface area (Å²) in [6, 6.07) is 3.34. The zero-order valence-corrected chi connectivity index (χ0v) is 25.1. The van der Waals surface area contributed by atoms with Crippen molar-refractivity contribution in [3.05, 3.63) is 11.8 Å². The third-order valence-corrected chi connectivity index (χ3v) is 14.8. The number of nitrogens with zero attached hydrogens (tertiary/aromatic N) is 5. The van der Waals surface area contributed by atoms with Gasteiger partial charge in [0, 0.05) is 55.9 Å². The van der Waals surface area contributed by atoms with E-state index in [4.69, 9.17) is 0 Å². The van der Waals surface area contributed by atoms with Gasteiger partial charge in [-0.25, -0.2) is 0 Å². The Labute approximate surface area is 243 Å². The second kappa shape index (κ2) is 9.44. The summed E-state index contributed by atoms with van der Waals surface area (Å²) >= 11 is 0. The highest BCUT2D eigenvalue weighted by Gasteiger charge is 2.63. The van der Waals surface area contributed by atoms with E-state index < -0.39 is 0 Å². The van der Waals surface area contributed by atoms with Gasteiger partial charge in [-0.1, -0.05) is 19.3 Å². The maximum Gasteiger partial charge on any atom is 0.0818 e. The lowest BCUT2D eigenvalue weighted by Gasteiger charge is -2.72. The molecule has 0 bridgehead atoms. The molecule has 220 valence electrons. The van der Waals surface area contributed by atoms with Gasteiger partial charge in [0.1, 0.15) is 0 Å². The van der Waals surface area contributed by atoms with Crippen molar-refractivity contribution in [1.82, 2.24) is 24.5 Å². The molecule has 12 atom stereocenters. The molecule has 2 saturated carbocycles. The number of rotatable bonds is 1. The van der Waals surface area contributed by atoms with E-state index in [2.05, 4.69) is 30.7 Å². The van der Waals surface area contributed by atoms with E-state index in [1.54, 1.807) is 0 Å². The maximum atomic E-state index is 3.26. The highest BCUT2D eigenvalue weighted by Crippen LogP contribution is 2.57. The average Bonchev–Trinajstić information content (AvgIpc) is 3.01. The van der Waals surface area contributed by atoms with Crippen LogP contribution in [0.25, 0.3) is 0 Å². The van der Waals surface area contributed by atoms with Crippen LogP contribution in [-0.4, -0.2) is 93.3 Å². The van der Waals surface area contributed by atoms with Gasteiger partial charge >= 0.3 is 0 Å². The smallest absolute Gasteiger partial charge is 0.0818 e. The van der Waals surface area contributed by atoms with Gasteiger partial charge in [0.25, 0.3) is 0 Å². The SMILES string of the molecule is C1=C([C@@H]2[C@H]3CCC[C@H]4CC[C@H]5N6CCCC[C@H]6[C@@H]6CCCN2[C@H]6N5[C@@H]43)C[C@@H]2CCC[C@H]3CN4CCCC[C@@H]4N1[C@H]23. The number of hydrogen-bond donors (Lipinski definition) is 0. The molecule has 9 fully saturated rings. The first kappa shape index (κ1) is 24.8. The molecule has 0 unspecified atom stereocenters. The summed E-state index contributed by atoms with van der Waals surface area (Å²) in [5.41, 5.74) is 1.92. The normalized spacial score (nSPS) is 52.6. The molecule has 5 heteroatoms. The fourth-order valence-electron chi connectivity index (χ4n) is 13.7. The van der Waals surface area contributed by atoms with Crippen LogP contribution in [-0.2, 0) is 0 Å². The van der Waals surface area contributed by atoms with E-state index in [1.165, 1.54) is 135 Å². The van der Waals surface area contributed by atoms with E-state index in [0.29, 0.717) is 6.17 Å². The van der Waals surface area contributed by atoms with Crippen LogP contribution in [0, 0.1) is 29.6 Å². The van der Waals surface area contributed by atoms with Crippen LogP contribution >= 0.6 is 0 Å². The molecule has 8 aliphatic heterocycles. The molecule has 0 aromatic rings. The Kier molecular flexibility index (Phi) is 5.85. The van der Waals surface area contributed by atoms with Crippen LogP contribution in [0.5, 0.6) is 0 Å². The van der Waals surface area contributed by atoms with Gasteiger partial charge in [-0.3, -0.25) is 19.6 Å². The highest BCUT2D eigenvalue weighted by atomic mass is 15.5. The van der Waals surface area contributed by atoms with E-state index >= 15 is 0 Å². The molecular formula is C35H55N5. The molecule has 0 aromatic carbocycles. The average molecular weight is 546 g/mol. The second-order valence-corrected chi connectivity index (χ2v) is 16.3. The predicted octanol–water partition coefficient (Wildman–Crippen LogP) is 5.68. The molecule has 40 heavy (non-hydrogen) atoms. The molecule has 10 aliphatic rings. The summed E-state index contributed by atoms with van der Waals surface area (Å²) in [5.74, 6) is 4.62. The Balaban J connectivity index is 1.08. The topological polar surface area (TPSA) is 16.2 Å². The van der Waals surface area contributed by atoms with Crippen molar-refractivity contribution < 1.29 is 0 Å². The summed E-state index contributed by atoms with van der Waals surface area (Å²) in [5, 5.41) is 0. The van der Waals surface area contributed by atoms with Crippen LogP contribution in [0.2, 0.25) is 0 Å². The Bertz CT molecular complexity index is 1030. The Hall–Kier alpha value is -0.620. The van der Waals surface area contributed by atoms with Gasteiger partial charge < -0.3 is 4.90 Å². The van der Waals surface area contributed by atoms with E-state index in [1.807, 2.05) is 5.57 Å². The van der Waals surface area contributed by atoms with Gasteiger partial charge in [0.05, 0.1) is 18.5 Å². The quantitative estimate of drug-likeness (QED) is 0.420. The third kappa shape index (κ3) is 3.41. The van der Waals surface area contributed by atoms with E-state index in [0.717, 1.165) is 66.1 Å². The number of piperidine rings is 4. The summed E-state index contributed by atoms with van der Waals surface area (Å²) in [7, 11) is 0. The molecule has 0 amide bonds. The minimum Gasteiger partial charge on any atom is -0.358 e. The molecule has 10 rings (SSSR count). The van der Waals surface area contributed by atoms with Crippen LogP contribution in [0.4, 0.5) is 0 Å². The maximum absolute atomic E-state index is 3.26. The molecule has 2 aliphatic carbocycles. The fraction of sp³-hybridized carbons (Fsp3) is 0.943. The van der Waals surface area contributed by atoms with Crippen molar-refractivity contribution in [3.8, 4) is 0 Å². The van der Waals surface area contributed by atoms with Gasteiger partial charge in [0.15, 0.2) is 0 Å². The first-order chi connectivity index (χ1) is 19.8. The zero-order valence-electron chi connectivity index (χ0n) is 25.1. The van der Waals surface area contributed by atoms with Crippen molar-refractivity contribution in [3.63, 3.8) is 0 Å².